The van der Waals surface area contributed by atoms with E-state index in [0.717, 1.165) is 17.6 Å². The lowest BCUT2D eigenvalue weighted by Crippen LogP contribution is -3.00. The van der Waals surface area contributed by atoms with Crippen molar-refractivity contribution < 1.29 is 21.5 Å². The second-order valence-electron chi connectivity index (χ2n) is 12.5. The van der Waals surface area contributed by atoms with Crippen LogP contribution in [0.4, 0.5) is 0 Å². The van der Waals surface area contributed by atoms with Gasteiger partial charge in [0.25, 0.3) is 0 Å². The zero-order valence-electron chi connectivity index (χ0n) is 26.0. The number of rotatable bonds is 8. The van der Waals surface area contributed by atoms with Gasteiger partial charge < -0.3 is 21.5 Å². The topological polar surface area (TPSA) is 0 Å². The smallest absolute Gasteiger partial charge is 0.106 e. The van der Waals surface area contributed by atoms with Crippen LogP contribution in [0.25, 0.3) is 54.9 Å². The van der Waals surface area contributed by atoms with Crippen LogP contribution in [0.15, 0.2) is 121 Å². The molecule has 0 amide bonds. The van der Waals surface area contributed by atoms with Gasteiger partial charge in [0.2, 0.25) is 0 Å². The van der Waals surface area contributed by atoms with Gasteiger partial charge in [0.1, 0.15) is 13.1 Å². The minimum atomic E-state index is 0. The van der Waals surface area contributed by atoms with Crippen molar-refractivity contribution in [3.05, 3.63) is 132 Å². The van der Waals surface area contributed by atoms with Crippen molar-refractivity contribution in [1.82, 2.24) is 0 Å². The van der Waals surface area contributed by atoms with E-state index in [2.05, 4.69) is 135 Å². The van der Waals surface area contributed by atoms with E-state index in [1.807, 2.05) is 0 Å². The van der Waals surface area contributed by atoms with Crippen LogP contribution in [-0.2, 0) is 13.1 Å². The van der Waals surface area contributed by atoms with E-state index in [1.165, 1.54) is 105 Å². The van der Waals surface area contributed by atoms with Crippen molar-refractivity contribution in [1.29, 1.82) is 0 Å². The largest absolute Gasteiger partial charge is 1.00 e. The maximum absolute atomic E-state index is 2.48. The summed E-state index contributed by atoms with van der Waals surface area (Å²) in [5.41, 5.74) is 11.4. The van der Waals surface area contributed by atoms with Gasteiger partial charge in [0.05, 0.1) is 13.1 Å². The summed E-state index contributed by atoms with van der Waals surface area (Å²) in [7, 11) is 0. The van der Waals surface area contributed by atoms with Gasteiger partial charge in [-0.3, -0.25) is 0 Å². The van der Waals surface area contributed by atoms with Crippen LogP contribution in [0.3, 0.4) is 0 Å². The first-order valence-corrected chi connectivity index (χ1v) is 16.3. The highest BCUT2D eigenvalue weighted by Gasteiger charge is 2.37. The second-order valence-corrected chi connectivity index (χ2v) is 12.5. The first-order valence-electron chi connectivity index (χ1n) is 16.3. The maximum Gasteiger partial charge on any atom is 0.106 e. The molecular formula is C42H42BrN. The summed E-state index contributed by atoms with van der Waals surface area (Å²) in [5, 5.41) is 5.39. The Morgan fingerprint density at radius 2 is 0.886 bits per heavy atom. The van der Waals surface area contributed by atoms with Crippen LogP contribution in [0.5, 0.6) is 0 Å². The average Bonchev–Trinajstić information content (AvgIpc) is 3.22. The third kappa shape index (κ3) is 5.51. The number of unbranched alkanes of at least 4 members (excludes halogenated alkanes) is 2. The third-order valence-corrected chi connectivity index (χ3v) is 9.69. The van der Waals surface area contributed by atoms with Crippen molar-refractivity contribution in [2.45, 2.75) is 52.6 Å². The lowest BCUT2D eigenvalue weighted by molar-refractivity contribution is -0.953. The van der Waals surface area contributed by atoms with Gasteiger partial charge in [0, 0.05) is 22.3 Å². The SMILES string of the molecule is CCCC[N+]1(CCCC)Cc2c(-c3ccccc3)cc3ccccc3c2-c2c(c(-c3ccccc3)cc3ccccc23)C1.[Br-]. The van der Waals surface area contributed by atoms with Crippen LogP contribution >= 0.6 is 0 Å². The molecule has 0 saturated carbocycles. The summed E-state index contributed by atoms with van der Waals surface area (Å²) in [5.74, 6) is 0. The molecule has 6 aromatic rings. The molecule has 0 N–H and O–H groups in total. The molecule has 0 fully saturated rings. The second kappa shape index (κ2) is 13.1. The van der Waals surface area contributed by atoms with Gasteiger partial charge in [-0.15, -0.1) is 0 Å². The highest BCUT2D eigenvalue weighted by molar-refractivity contribution is 6.11. The fourth-order valence-corrected chi connectivity index (χ4v) is 7.57. The molecule has 0 spiro atoms. The highest BCUT2D eigenvalue weighted by atomic mass is 79.9. The van der Waals surface area contributed by atoms with Crippen molar-refractivity contribution in [3.8, 4) is 33.4 Å². The average molecular weight is 641 g/mol. The normalized spacial score (nSPS) is 13.6. The lowest BCUT2D eigenvalue weighted by atomic mass is 9.82. The molecule has 0 unspecified atom stereocenters. The van der Waals surface area contributed by atoms with Crippen LogP contribution in [0.1, 0.15) is 50.7 Å². The van der Waals surface area contributed by atoms with Crippen molar-refractivity contribution in [2.75, 3.05) is 13.1 Å². The minimum absolute atomic E-state index is 0. The van der Waals surface area contributed by atoms with E-state index in [1.54, 1.807) is 0 Å². The van der Waals surface area contributed by atoms with Gasteiger partial charge in [-0.1, -0.05) is 136 Å². The molecule has 0 aromatic heterocycles. The van der Waals surface area contributed by atoms with Gasteiger partial charge in [-0.2, -0.15) is 0 Å². The lowest BCUT2D eigenvalue weighted by Gasteiger charge is -2.39. The Kier molecular flexibility index (Phi) is 9.03. The van der Waals surface area contributed by atoms with E-state index >= 15 is 0 Å². The van der Waals surface area contributed by atoms with E-state index < -0.39 is 0 Å². The molecule has 0 saturated heterocycles. The Hall–Kier alpha value is -3.72. The first kappa shape index (κ1) is 30.3. The molecule has 1 heterocycles. The van der Waals surface area contributed by atoms with E-state index in [0.29, 0.717) is 0 Å². The Labute approximate surface area is 273 Å². The van der Waals surface area contributed by atoms with Crippen molar-refractivity contribution in [3.63, 3.8) is 0 Å². The molecule has 7 rings (SSSR count). The quantitative estimate of drug-likeness (QED) is 0.147. The molecule has 44 heavy (non-hydrogen) atoms. The molecule has 1 nitrogen and oxygen atoms in total. The third-order valence-electron chi connectivity index (χ3n) is 9.69. The summed E-state index contributed by atoms with van der Waals surface area (Å²) >= 11 is 0. The number of hydrogen-bond donors (Lipinski definition) is 0. The summed E-state index contributed by atoms with van der Waals surface area (Å²) in [6.45, 7) is 9.22. The van der Waals surface area contributed by atoms with Gasteiger partial charge in [0.15, 0.2) is 0 Å². The molecule has 1 aliphatic rings. The summed E-state index contributed by atoms with van der Waals surface area (Å²) in [6.07, 6.45) is 4.94. The Bertz CT molecular complexity index is 1750. The molecule has 0 aliphatic carbocycles. The summed E-state index contributed by atoms with van der Waals surface area (Å²) < 4.78 is 1.11. The van der Waals surface area contributed by atoms with Crippen LogP contribution in [-0.4, -0.2) is 17.6 Å². The van der Waals surface area contributed by atoms with Gasteiger partial charge >= 0.3 is 0 Å². The molecule has 0 atom stereocenters. The van der Waals surface area contributed by atoms with E-state index in [4.69, 9.17) is 0 Å². The molecule has 0 bridgehead atoms. The minimum Gasteiger partial charge on any atom is -1.00 e. The van der Waals surface area contributed by atoms with Crippen molar-refractivity contribution in [2.24, 2.45) is 0 Å². The fourth-order valence-electron chi connectivity index (χ4n) is 7.57. The molecule has 222 valence electrons. The first-order chi connectivity index (χ1) is 21.2. The number of fused-ring (bicyclic) bond motifs is 7. The Balaban J connectivity index is 0.00000343. The van der Waals surface area contributed by atoms with Gasteiger partial charge in [-0.05, 0) is 68.8 Å². The number of benzene rings is 6. The molecular weight excluding hydrogens is 598 g/mol. The Morgan fingerprint density at radius 1 is 0.500 bits per heavy atom. The standard InChI is InChI=1S/C42H42N.BrH/c1-3-5-25-43(26-6-4-2)29-39-37(31-17-9-7-10-18-31)27-33-21-13-15-23-35(33)41(39)42-36-24-16-14-22-34(36)28-38(40(42)30-43)32-19-11-8-12-20-32;/h7-24,27-28H,3-6,25-26,29-30H2,1-2H3;1H/q+1;/p-1. The summed E-state index contributed by atoms with van der Waals surface area (Å²) in [4.78, 5) is 0. The van der Waals surface area contributed by atoms with E-state index in [-0.39, 0.29) is 17.0 Å². The van der Waals surface area contributed by atoms with E-state index in [9.17, 15) is 0 Å². The number of hydrogen-bond acceptors (Lipinski definition) is 0. The monoisotopic (exact) mass is 639 g/mol. The zero-order valence-corrected chi connectivity index (χ0v) is 27.6. The maximum atomic E-state index is 2.48. The number of nitrogens with zero attached hydrogens (tertiary/aromatic N) is 1. The highest BCUT2D eigenvalue weighted by Crippen LogP contribution is 2.50. The zero-order chi connectivity index (χ0) is 29.2. The molecule has 1 aliphatic heterocycles. The number of halogens is 1. The van der Waals surface area contributed by atoms with Crippen LogP contribution in [0.2, 0.25) is 0 Å². The van der Waals surface area contributed by atoms with Gasteiger partial charge in [-0.25, -0.2) is 0 Å². The summed E-state index contributed by atoms with van der Waals surface area (Å²) in [6, 6.07) is 45.5. The molecule has 2 heteroatoms. The number of quaternary nitrogens is 1. The fraction of sp³-hybridized carbons (Fsp3) is 0.238. The van der Waals surface area contributed by atoms with Crippen LogP contribution < -0.4 is 17.0 Å². The van der Waals surface area contributed by atoms with Crippen LogP contribution in [0, 0.1) is 0 Å². The van der Waals surface area contributed by atoms with Crippen molar-refractivity contribution >= 4 is 21.5 Å². The predicted octanol–water partition coefficient (Wildman–Crippen LogP) is 8.43. The molecule has 6 aromatic carbocycles. The Morgan fingerprint density at radius 3 is 1.30 bits per heavy atom. The molecule has 0 radical (unpaired) electrons. The predicted molar refractivity (Wildman–Crippen MR) is 185 cm³/mol.